The van der Waals surface area contributed by atoms with Crippen molar-refractivity contribution in [1.82, 2.24) is 9.80 Å². The second-order valence-electron chi connectivity index (χ2n) is 11.7. The summed E-state index contributed by atoms with van der Waals surface area (Å²) in [5.41, 5.74) is 0.311. The van der Waals surface area contributed by atoms with Crippen LogP contribution in [0.4, 0.5) is 0 Å². The van der Waals surface area contributed by atoms with Crippen LogP contribution in [-0.2, 0) is 4.74 Å². The van der Waals surface area contributed by atoms with Crippen LogP contribution in [0.25, 0.3) is 0 Å². The summed E-state index contributed by atoms with van der Waals surface area (Å²) < 4.78 is 5.60. The van der Waals surface area contributed by atoms with Crippen molar-refractivity contribution < 1.29 is 4.74 Å². The summed E-state index contributed by atoms with van der Waals surface area (Å²) in [6.45, 7) is 24.4. The Hall–Kier alpha value is -0.120. The molecule has 172 valence electrons. The summed E-state index contributed by atoms with van der Waals surface area (Å²) in [6.07, 6.45) is 7.16. The largest absolute Gasteiger partial charge is 0.381 e. The van der Waals surface area contributed by atoms with Crippen LogP contribution in [0.3, 0.4) is 0 Å². The molecule has 0 aromatic rings. The molecule has 0 bridgehead atoms. The monoisotopic (exact) mass is 408 g/mol. The first-order valence-corrected chi connectivity index (χ1v) is 12.5. The first kappa shape index (κ1) is 25.1. The number of nitrogens with zero attached hydrogens (tertiary/aromatic N) is 2. The highest BCUT2D eigenvalue weighted by Crippen LogP contribution is 2.38. The summed E-state index contributed by atoms with van der Waals surface area (Å²) in [4.78, 5) is 5.38. The van der Waals surface area contributed by atoms with Crippen molar-refractivity contribution in [2.45, 2.75) is 105 Å². The van der Waals surface area contributed by atoms with E-state index in [4.69, 9.17) is 4.74 Å². The lowest BCUT2D eigenvalue weighted by atomic mass is 9.75. The van der Waals surface area contributed by atoms with E-state index in [0.717, 1.165) is 29.6 Å². The summed E-state index contributed by atoms with van der Waals surface area (Å²) >= 11 is 0. The van der Waals surface area contributed by atoms with Gasteiger partial charge < -0.3 is 4.74 Å². The van der Waals surface area contributed by atoms with Gasteiger partial charge in [-0.2, -0.15) is 0 Å². The molecule has 2 rings (SSSR count). The summed E-state index contributed by atoms with van der Waals surface area (Å²) in [7, 11) is 1.88. The first-order valence-electron chi connectivity index (χ1n) is 12.5. The lowest BCUT2D eigenvalue weighted by molar-refractivity contribution is 0.0372. The fraction of sp³-hybridized carbons (Fsp3) is 1.00. The van der Waals surface area contributed by atoms with Crippen LogP contribution in [0, 0.1) is 29.6 Å². The fourth-order valence-corrected chi connectivity index (χ4v) is 5.99. The lowest BCUT2D eigenvalue weighted by Gasteiger charge is -2.44. The van der Waals surface area contributed by atoms with Crippen molar-refractivity contribution in [3.8, 4) is 0 Å². The average molecular weight is 409 g/mol. The maximum absolute atomic E-state index is 5.60. The maximum Gasteiger partial charge on any atom is 0.0574 e. The molecule has 0 aromatic heterocycles. The van der Waals surface area contributed by atoms with Gasteiger partial charge in [0.15, 0.2) is 0 Å². The van der Waals surface area contributed by atoms with Gasteiger partial charge in [-0.1, -0.05) is 27.7 Å². The molecule has 0 aromatic carbocycles. The SMILES string of the molecule is COC1CCC(C(C)CC(C)C(C)C(C)CC(C)N2CCN(C(C)(C)C)CC2)C1. The Kier molecular flexibility index (Phi) is 9.50. The smallest absolute Gasteiger partial charge is 0.0574 e. The predicted octanol–water partition coefficient (Wildman–Crippen LogP) is 5.93. The minimum atomic E-state index is 0.311. The van der Waals surface area contributed by atoms with Crippen LogP contribution >= 0.6 is 0 Å². The van der Waals surface area contributed by atoms with Gasteiger partial charge in [0.25, 0.3) is 0 Å². The topological polar surface area (TPSA) is 15.7 Å². The second-order valence-corrected chi connectivity index (χ2v) is 11.7. The minimum absolute atomic E-state index is 0.311. The lowest BCUT2D eigenvalue weighted by Crippen LogP contribution is -2.55. The van der Waals surface area contributed by atoms with Crippen LogP contribution in [0.1, 0.15) is 87.5 Å². The van der Waals surface area contributed by atoms with E-state index < -0.39 is 0 Å². The third-order valence-electron chi connectivity index (χ3n) is 8.70. The van der Waals surface area contributed by atoms with Crippen molar-refractivity contribution in [3.05, 3.63) is 0 Å². The molecule has 1 heterocycles. The van der Waals surface area contributed by atoms with Crippen LogP contribution in [0.15, 0.2) is 0 Å². The standard InChI is InChI=1S/C26H52N2O/c1-19(16-21(3)24-10-11-25(18-24)29-9)23(5)20(2)17-22(4)27-12-14-28(15-13-27)26(6,7)8/h19-25H,10-18H2,1-9H3. The fourth-order valence-electron chi connectivity index (χ4n) is 5.99. The van der Waals surface area contributed by atoms with Gasteiger partial charge in [-0.05, 0) is 89.4 Å². The van der Waals surface area contributed by atoms with E-state index in [0.29, 0.717) is 17.7 Å². The highest BCUT2D eigenvalue weighted by molar-refractivity contribution is 4.85. The first-order chi connectivity index (χ1) is 13.5. The minimum Gasteiger partial charge on any atom is -0.381 e. The van der Waals surface area contributed by atoms with Gasteiger partial charge >= 0.3 is 0 Å². The number of hydrogen-bond acceptors (Lipinski definition) is 3. The van der Waals surface area contributed by atoms with E-state index in [2.05, 4.69) is 65.2 Å². The van der Waals surface area contributed by atoms with Gasteiger partial charge in [-0.15, -0.1) is 0 Å². The van der Waals surface area contributed by atoms with Crippen LogP contribution in [0.5, 0.6) is 0 Å². The molecule has 1 saturated heterocycles. The van der Waals surface area contributed by atoms with Gasteiger partial charge in [0.05, 0.1) is 6.10 Å². The van der Waals surface area contributed by atoms with E-state index >= 15 is 0 Å². The highest BCUT2D eigenvalue weighted by Gasteiger charge is 2.32. The Labute approximate surface area is 182 Å². The molecule has 7 unspecified atom stereocenters. The predicted molar refractivity (Wildman–Crippen MR) is 126 cm³/mol. The summed E-state index contributed by atoms with van der Waals surface area (Å²) in [5, 5.41) is 0. The summed E-state index contributed by atoms with van der Waals surface area (Å²) in [5.74, 6) is 4.12. The van der Waals surface area contributed by atoms with Crippen molar-refractivity contribution in [2.75, 3.05) is 33.3 Å². The molecule has 0 N–H and O–H groups in total. The third-order valence-corrected chi connectivity index (χ3v) is 8.70. The van der Waals surface area contributed by atoms with Gasteiger partial charge in [-0.25, -0.2) is 0 Å². The molecule has 1 saturated carbocycles. The van der Waals surface area contributed by atoms with E-state index in [1.165, 1.54) is 58.3 Å². The summed E-state index contributed by atoms with van der Waals surface area (Å²) in [6, 6.07) is 0.705. The zero-order valence-corrected chi connectivity index (χ0v) is 21.2. The molecule has 3 heteroatoms. The number of rotatable bonds is 9. The van der Waals surface area contributed by atoms with E-state index in [1.54, 1.807) is 0 Å². The Balaban J connectivity index is 1.75. The molecule has 2 aliphatic rings. The number of methoxy groups -OCH3 is 1. The number of ether oxygens (including phenoxy) is 1. The molecule has 2 fully saturated rings. The Morgan fingerprint density at radius 3 is 1.97 bits per heavy atom. The zero-order valence-electron chi connectivity index (χ0n) is 21.2. The van der Waals surface area contributed by atoms with E-state index in [1.807, 2.05) is 7.11 Å². The molecule has 29 heavy (non-hydrogen) atoms. The molecule has 0 radical (unpaired) electrons. The molecule has 3 nitrogen and oxygen atoms in total. The number of hydrogen-bond donors (Lipinski definition) is 0. The third kappa shape index (κ3) is 7.21. The van der Waals surface area contributed by atoms with Crippen LogP contribution in [-0.4, -0.2) is 60.8 Å². The second kappa shape index (κ2) is 11.0. The van der Waals surface area contributed by atoms with Crippen molar-refractivity contribution in [1.29, 1.82) is 0 Å². The molecule has 1 aliphatic carbocycles. The Morgan fingerprint density at radius 1 is 0.862 bits per heavy atom. The Morgan fingerprint density at radius 2 is 1.45 bits per heavy atom. The van der Waals surface area contributed by atoms with Crippen molar-refractivity contribution >= 4 is 0 Å². The van der Waals surface area contributed by atoms with Crippen LogP contribution in [0.2, 0.25) is 0 Å². The Bertz CT molecular complexity index is 466. The molecule has 1 aliphatic heterocycles. The van der Waals surface area contributed by atoms with Gasteiger partial charge in [0, 0.05) is 44.9 Å². The van der Waals surface area contributed by atoms with Gasteiger partial charge in [0.2, 0.25) is 0 Å². The molecule has 0 spiro atoms. The van der Waals surface area contributed by atoms with Crippen molar-refractivity contribution in [3.63, 3.8) is 0 Å². The zero-order chi connectivity index (χ0) is 21.8. The quantitative estimate of drug-likeness (QED) is 0.470. The molecular weight excluding hydrogens is 356 g/mol. The van der Waals surface area contributed by atoms with E-state index in [-0.39, 0.29) is 0 Å². The molecular formula is C26H52N2O. The maximum atomic E-state index is 5.60. The van der Waals surface area contributed by atoms with Gasteiger partial charge in [-0.3, -0.25) is 9.80 Å². The van der Waals surface area contributed by atoms with Crippen molar-refractivity contribution in [2.24, 2.45) is 29.6 Å². The highest BCUT2D eigenvalue weighted by atomic mass is 16.5. The average Bonchev–Trinajstić information content (AvgIpc) is 3.16. The number of piperazine rings is 1. The van der Waals surface area contributed by atoms with Crippen LogP contribution < -0.4 is 0 Å². The van der Waals surface area contributed by atoms with Gasteiger partial charge in [0.1, 0.15) is 0 Å². The molecule has 0 amide bonds. The normalized spacial score (nSPS) is 30.1. The molecule has 7 atom stereocenters. The van der Waals surface area contributed by atoms with E-state index in [9.17, 15) is 0 Å².